The number of allylic oxidation sites excluding steroid dienone is 2. The Morgan fingerprint density at radius 1 is 0.963 bits per heavy atom. The number of alkyl halides is 5. The van der Waals surface area contributed by atoms with Crippen molar-refractivity contribution in [1.82, 2.24) is 0 Å². The highest BCUT2D eigenvalue weighted by atomic mass is 19.4. The van der Waals surface area contributed by atoms with Crippen LogP contribution in [0.3, 0.4) is 0 Å². The lowest BCUT2D eigenvalue weighted by molar-refractivity contribution is -0.362. The first kappa shape index (κ1) is 38.7. The molecule has 6 atom stereocenters. The summed E-state index contributed by atoms with van der Waals surface area (Å²) in [6.07, 6.45) is -1.54. The molecule has 2 aromatic rings. The molecule has 4 fully saturated rings. The van der Waals surface area contributed by atoms with Gasteiger partial charge in [0, 0.05) is 35.2 Å². The zero-order valence-corrected chi connectivity index (χ0v) is 31.0. The summed E-state index contributed by atoms with van der Waals surface area (Å²) in [6, 6.07) is 14.1. The maximum atomic E-state index is 15.5. The molecule has 3 saturated carbocycles. The molecule has 6 nitrogen and oxygen atoms in total. The fourth-order valence-corrected chi connectivity index (χ4v) is 10.3. The molecule has 11 heteroatoms. The summed E-state index contributed by atoms with van der Waals surface area (Å²) in [6.45, 7) is 6.45. The van der Waals surface area contributed by atoms with Gasteiger partial charge in [-0.05, 0) is 103 Å². The summed E-state index contributed by atoms with van der Waals surface area (Å²) in [5.74, 6) is -2.35. The predicted octanol–water partition coefficient (Wildman–Crippen LogP) is 8.76. The van der Waals surface area contributed by atoms with Gasteiger partial charge in [-0.2, -0.15) is 22.0 Å². The number of carbonyl (C=O) groups excluding carboxylic acids is 1. The van der Waals surface area contributed by atoms with Crippen LogP contribution in [-0.4, -0.2) is 65.6 Å². The molecule has 2 aromatic carbocycles. The fourth-order valence-electron chi connectivity index (χ4n) is 10.3. The van der Waals surface area contributed by atoms with Crippen LogP contribution < -0.4 is 0 Å². The van der Waals surface area contributed by atoms with E-state index in [9.17, 15) is 28.2 Å². The van der Waals surface area contributed by atoms with E-state index in [4.69, 9.17) is 14.2 Å². The topological polar surface area (TPSA) is 85.2 Å². The first-order valence-corrected chi connectivity index (χ1v) is 18.6. The van der Waals surface area contributed by atoms with Gasteiger partial charge in [0.05, 0.1) is 31.5 Å². The Bertz CT molecular complexity index is 1910. The average Bonchev–Trinajstić information content (AvgIpc) is 3.41. The van der Waals surface area contributed by atoms with Crippen molar-refractivity contribution in [1.29, 1.82) is 0 Å². The molecule has 7 rings (SSSR count). The first-order chi connectivity index (χ1) is 25.3. The number of fused-ring (bicyclic) bond motifs is 4. The summed E-state index contributed by atoms with van der Waals surface area (Å²) in [4.78, 5) is 11.9. The van der Waals surface area contributed by atoms with E-state index in [0.29, 0.717) is 49.2 Å². The number of carbonyl (C=O) groups is 1. The van der Waals surface area contributed by atoms with Crippen LogP contribution in [0.15, 0.2) is 65.8 Å². The molecule has 54 heavy (non-hydrogen) atoms. The SMILES string of the molecule is COC(=O)c1cccc(C=CC#Cc2ccc([C@H]3C[C@@]4(C)[C@@H](CC[C@@]4(O)C(F)(F)C(F)(F)F)[C@@H]4CC[C@@]5(O)CC6(CCC5=C43)OCC(C)(C)CO6)cc2)c1. The van der Waals surface area contributed by atoms with Crippen molar-refractivity contribution in [2.24, 2.45) is 22.7 Å². The summed E-state index contributed by atoms with van der Waals surface area (Å²) in [5, 5.41) is 24.0. The highest BCUT2D eigenvalue weighted by molar-refractivity contribution is 5.90. The zero-order chi connectivity index (χ0) is 39.0. The first-order valence-electron chi connectivity index (χ1n) is 18.6. The van der Waals surface area contributed by atoms with Crippen LogP contribution in [0.4, 0.5) is 22.0 Å². The third kappa shape index (κ3) is 6.31. The van der Waals surface area contributed by atoms with Crippen molar-refractivity contribution in [2.45, 2.75) is 107 Å². The smallest absolute Gasteiger partial charge is 0.456 e. The van der Waals surface area contributed by atoms with Gasteiger partial charge in [-0.1, -0.05) is 62.5 Å². The number of rotatable bonds is 4. The van der Waals surface area contributed by atoms with Gasteiger partial charge in [0.25, 0.3) is 0 Å². The number of benzene rings is 2. The third-order valence-corrected chi connectivity index (χ3v) is 13.1. The Morgan fingerprint density at radius 2 is 1.67 bits per heavy atom. The molecular weight excluding hydrogens is 707 g/mol. The van der Waals surface area contributed by atoms with E-state index in [1.165, 1.54) is 14.0 Å². The van der Waals surface area contributed by atoms with Gasteiger partial charge in [-0.15, -0.1) is 0 Å². The summed E-state index contributed by atoms with van der Waals surface area (Å²) >= 11 is 0. The lowest BCUT2D eigenvalue weighted by atomic mass is 9.49. The molecule has 2 N–H and O–H groups in total. The van der Waals surface area contributed by atoms with E-state index in [2.05, 4.69) is 11.8 Å². The molecule has 0 bridgehead atoms. The van der Waals surface area contributed by atoms with Gasteiger partial charge >= 0.3 is 18.1 Å². The number of hydrogen-bond acceptors (Lipinski definition) is 6. The van der Waals surface area contributed by atoms with E-state index in [1.54, 1.807) is 42.5 Å². The average molecular weight is 755 g/mol. The van der Waals surface area contributed by atoms with Gasteiger partial charge in [-0.25, -0.2) is 4.79 Å². The number of ether oxygens (including phenoxy) is 3. The Labute approximate surface area is 312 Å². The van der Waals surface area contributed by atoms with Gasteiger partial charge in [0.15, 0.2) is 5.79 Å². The number of esters is 1. The van der Waals surface area contributed by atoms with Crippen LogP contribution >= 0.6 is 0 Å². The molecule has 0 unspecified atom stereocenters. The minimum absolute atomic E-state index is 0.0194. The van der Waals surface area contributed by atoms with Crippen LogP contribution in [-0.2, 0) is 14.2 Å². The lowest BCUT2D eigenvalue weighted by Crippen LogP contribution is -2.65. The maximum Gasteiger partial charge on any atom is 0.456 e. The van der Waals surface area contributed by atoms with Crippen molar-refractivity contribution in [2.75, 3.05) is 20.3 Å². The van der Waals surface area contributed by atoms with E-state index in [-0.39, 0.29) is 31.1 Å². The van der Waals surface area contributed by atoms with Crippen LogP contribution in [0, 0.1) is 34.5 Å². The van der Waals surface area contributed by atoms with Gasteiger partial charge in [0.2, 0.25) is 0 Å². The normalized spacial score (nSPS) is 33.1. The number of aliphatic hydroxyl groups is 2. The third-order valence-electron chi connectivity index (χ3n) is 13.1. The highest BCUT2D eigenvalue weighted by Gasteiger charge is 2.79. The molecule has 0 amide bonds. The number of hydrogen-bond donors (Lipinski definition) is 2. The molecular formula is C43H47F5O6. The van der Waals surface area contributed by atoms with Gasteiger partial charge in [0.1, 0.15) is 5.60 Å². The monoisotopic (exact) mass is 754 g/mol. The minimum Gasteiger partial charge on any atom is -0.465 e. The summed E-state index contributed by atoms with van der Waals surface area (Å²) < 4.78 is 90.4. The van der Waals surface area contributed by atoms with E-state index >= 15 is 8.78 Å². The summed E-state index contributed by atoms with van der Waals surface area (Å²) in [5.41, 5.74) is -2.33. The Hall–Kier alpha value is -3.56. The van der Waals surface area contributed by atoms with Crippen LogP contribution in [0.1, 0.15) is 105 Å². The van der Waals surface area contributed by atoms with Crippen LogP contribution in [0.5, 0.6) is 0 Å². The van der Waals surface area contributed by atoms with E-state index in [1.807, 2.05) is 32.0 Å². The quantitative estimate of drug-likeness (QED) is 0.141. The Kier molecular flexibility index (Phi) is 9.52. The molecule has 0 aromatic heterocycles. The van der Waals surface area contributed by atoms with Crippen LogP contribution in [0.2, 0.25) is 0 Å². The minimum atomic E-state index is -5.92. The molecule has 290 valence electrons. The van der Waals surface area contributed by atoms with Crippen LogP contribution in [0.25, 0.3) is 6.08 Å². The molecule has 1 heterocycles. The largest absolute Gasteiger partial charge is 0.465 e. The number of halogens is 5. The second-order valence-corrected chi connectivity index (χ2v) is 17.0. The Balaban J connectivity index is 1.24. The molecule has 0 radical (unpaired) electrons. The fraction of sp³-hybridized carbons (Fsp3) is 0.558. The second kappa shape index (κ2) is 13.3. The maximum absolute atomic E-state index is 15.5. The van der Waals surface area contributed by atoms with Crippen molar-refractivity contribution < 1.29 is 51.2 Å². The van der Waals surface area contributed by atoms with E-state index in [0.717, 1.165) is 16.7 Å². The molecule has 5 aliphatic rings. The second-order valence-electron chi connectivity index (χ2n) is 17.0. The zero-order valence-electron chi connectivity index (χ0n) is 31.0. The number of methoxy groups -OCH3 is 1. The lowest BCUT2D eigenvalue weighted by Gasteiger charge is -2.59. The summed E-state index contributed by atoms with van der Waals surface area (Å²) in [7, 11) is 1.31. The van der Waals surface area contributed by atoms with Gasteiger partial charge in [-0.3, -0.25) is 0 Å². The van der Waals surface area contributed by atoms with Crippen molar-refractivity contribution in [3.8, 4) is 11.8 Å². The standard InChI is InChI=1S/C43H47F5O6/c1-37(2)25-53-40(54-26-37)20-17-34-35-31(16-19-39(34,50)24-40)33-18-21-41(51,42(44,45)43(46,47)48)38(33,3)23-32(35)29-14-12-27(13-15-29)8-5-6-9-28-10-7-11-30(22-28)36(49)52-4/h6-7,9-15,22,31-33,50-51H,16-21,23-26H2,1-4H3/t31-,32+,33-,38-,39+,41-/m0/s1. The predicted molar refractivity (Wildman–Crippen MR) is 191 cm³/mol. The molecule has 1 aliphatic heterocycles. The Morgan fingerprint density at radius 3 is 2.33 bits per heavy atom. The van der Waals surface area contributed by atoms with Gasteiger partial charge < -0.3 is 24.4 Å². The van der Waals surface area contributed by atoms with Crippen molar-refractivity contribution in [3.05, 3.63) is 88.0 Å². The van der Waals surface area contributed by atoms with Crippen molar-refractivity contribution >= 4 is 12.0 Å². The molecule has 1 spiro atoms. The van der Waals surface area contributed by atoms with E-state index < -0.39 is 64.6 Å². The molecule has 4 aliphatic carbocycles. The molecule has 1 saturated heterocycles. The highest BCUT2D eigenvalue weighted by Crippen LogP contribution is 2.71. The van der Waals surface area contributed by atoms with Crippen molar-refractivity contribution in [3.63, 3.8) is 0 Å².